The highest BCUT2D eigenvalue weighted by atomic mass is 32.2. The van der Waals surface area contributed by atoms with Crippen LogP contribution in [0.5, 0.6) is 0 Å². The summed E-state index contributed by atoms with van der Waals surface area (Å²) >= 11 is 1.68. The van der Waals surface area contributed by atoms with Gasteiger partial charge in [0.05, 0.1) is 0 Å². The Morgan fingerprint density at radius 1 is 1.18 bits per heavy atom. The zero-order valence-electron chi connectivity index (χ0n) is 13.0. The zero-order valence-corrected chi connectivity index (χ0v) is 13.8. The third-order valence-electron chi connectivity index (χ3n) is 3.19. The molecule has 0 spiro atoms. The van der Waals surface area contributed by atoms with E-state index in [0.717, 1.165) is 5.56 Å². The van der Waals surface area contributed by atoms with E-state index in [0.29, 0.717) is 12.0 Å². The van der Waals surface area contributed by atoms with Crippen molar-refractivity contribution in [2.24, 2.45) is 0 Å². The number of carboxylic acids is 1. The number of aliphatic carboxylic acids is 1. The lowest BCUT2D eigenvalue weighted by molar-refractivity contribution is -0.133. The third kappa shape index (κ3) is 5.37. The quantitative estimate of drug-likeness (QED) is 0.461. The molecule has 0 fully saturated rings. The Hall–Kier alpha value is -2.07. The molecule has 0 saturated heterocycles. The molecule has 3 nitrogen and oxygen atoms in total. The summed E-state index contributed by atoms with van der Waals surface area (Å²) < 4.78 is 0. The third-order valence-corrected chi connectivity index (χ3v) is 3.93. The minimum Gasteiger partial charge on any atom is -0.478 e. The number of benzene rings is 1. The van der Waals surface area contributed by atoms with E-state index in [1.807, 2.05) is 36.6 Å². The van der Waals surface area contributed by atoms with Crippen molar-refractivity contribution in [3.8, 4) is 0 Å². The van der Waals surface area contributed by atoms with Crippen LogP contribution in [0.15, 0.2) is 58.5 Å². The molecule has 1 aromatic carbocycles. The number of hydrogen-bond donors (Lipinski definition) is 1. The Kier molecular flexibility index (Phi) is 7.40. The Bertz CT molecular complexity index is 622. The summed E-state index contributed by atoms with van der Waals surface area (Å²) in [7, 11) is 0. The SMILES string of the molecule is CCC(C(=O)C=C/C=C/c1ccc(SC)cc1)=C(C)C(=O)O. The van der Waals surface area contributed by atoms with Crippen LogP contribution in [0, 0.1) is 0 Å². The number of carboxylic acid groups (broad SMARTS) is 1. The molecule has 0 aliphatic carbocycles. The fourth-order valence-electron chi connectivity index (χ4n) is 1.88. The Labute approximate surface area is 135 Å². The largest absolute Gasteiger partial charge is 0.478 e. The first-order valence-electron chi connectivity index (χ1n) is 6.95. The maximum absolute atomic E-state index is 12.0. The number of carbonyl (C=O) groups is 2. The molecule has 1 aromatic rings. The average Bonchev–Trinajstić information content (AvgIpc) is 2.52. The van der Waals surface area contributed by atoms with Crippen LogP contribution in [0.1, 0.15) is 25.8 Å². The lowest BCUT2D eigenvalue weighted by Crippen LogP contribution is -2.07. The van der Waals surface area contributed by atoms with E-state index in [4.69, 9.17) is 5.11 Å². The van der Waals surface area contributed by atoms with Gasteiger partial charge >= 0.3 is 5.97 Å². The van der Waals surface area contributed by atoms with Gasteiger partial charge in [-0.15, -0.1) is 11.8 Å². The lowest BCUT2D eigenvalue weighted by atomic mass is 10.0. The van der Waals surface area contributed by atoms with Gasteiger partial charge in [-0.1, -0.05) is 37.3 Å². The van der Waals surface area contributed by atoms with Gasteiger partial charge in [-0.05, 0) is 43.4 Å². The first kappa shape index (κ1) is 18.0. The van der Waals surface area contributed by atoms with Crippen molar-refractivity contribution in [2.45, 2.75) is 25.2 Å². The number of carbonyl (C=O) groups excluding carboxylic acids is 1. The monoisotopic (exact) mass is 316 g/mol. The van der Waals surface area contributed by atoms with E-state index in [2.05, 4.69) is 0 Å². The molecule has 0 heterocycles. The van der Waals surface area contributed by atoms with E-state index < -0.39 is 5.97 Å². The van der Waals surface area contributed by atoms with Crippen LogP contribution in [-0.2, 0) is 9.59 Å². The smallest absolute Gasteiger partial charge is 0.331 e. The zero-order chi connectivity index (χ0) is 16.5. The molecule has 22 heavy (non-hydrogen) atoms. The van der Waals surface area contributed by atoms with E-state index in [1.165, 1.54) is 17.9 Å². The number of rotatable bonds is 7. The summed E-state index contributed by atoms with van der Waals surface area (Å²) in [5.41, 5.74) is 1.48. The topological polar surface area (TPSA) is 54.4 Å². The summed E-state index contributed by atoms with van der Waals surface area (Å²) in [6.45, 7) is 3.23. The van der Waals surface area contributed by atoms with Crippen LogP contribution in [-0.4, -0.2) is 23.1 Å². The van der Waals surface area contributed by atoms with Crippen molar-refractivity contribution in [3.05, 3.63) is 59.2 Å². The molecular weight excluding hydrogens is 296 g/mol. The van der Waals surface area contributed by atoms with Gasteiger partial charge in [0, 0.05) is 16.0 Å². The second-order valence-electron chi connectivity index (χ2n) is 4.62. The fraction of sp³-hybridized carbons (Fsp3) is 0.222. The van der Waals surface area contributed by atoms with E-state index in [-0.39, 0.29) is 11.4 Å². The lowest BCUT2D eigenvalue weighted by Gasteiger charge is -2.02. The van der Waals surface area contributed by atoms with Crippen molar-refractivity contribution in [1.29, 1.82) is 0 Å². The Morgan fingerprint density at radius 3 is 2.32 bits per heavy atom. The van der Waals surface area contributed by atoms with E-state index >= 15 is 0 Å². The molecule has 0 aliphatic rings. The van der Waals surface area contributed by atoms with Gasteiger partial charge in [0.15, 0.2) is 5.78 Å². The van der Waals surface area contributed by atoms with Crippen molar-refractivity contribution in [1.82, 2.24) is 0 Å². The highest BCUT2D eigenvalue weighted by Gasteiger charge is 2.12. The van der Waals surface area contributed by atoms with Crippen molar-refractivity contribution in [2.75, 3.05) is 6.26 Å². The summed E-state index contributed by atoms with van der Waals surface area (Å²) in [6.07, 6.45) is 9.13. The maximum Gasteiger partial charge on any atom is 0.331 e. The molecule has 0 atom stereocenters. The van der Waals surface area contributed by atoms with E-state index in [1.54, 1.807) is 30.8 Å². The van der Waals surface area contributed by atoms with Crippen LogP contribution >= 0.6 is 11.8 Å². The number of allylic oxidation sites excluding steroid dienone is 4. The van der Waals surface area contributed by atoms with Gasteiger partial charge in [0.25, 0.3) is 0 Å². The summed E-state index contributed by atoms with van der Waals surface area (Å²) in [6, 6.07) is 8.08. The van der Waals surface area contributed by atoms with Gasteiger partial charge in [-0.25, -0.2) is 4.79 Å². The highest BCUT2D eigenvalue weighted by molar-refractivity contribution is 7.98. The predicted molar refractivity (Wildman–Crippen MR) is 92.0 cm³/mol. The summed E-state index contributed by atoms with van der Waals surface area (Å²) in [5, 5.41) is 8.95. The number of thioether (sulfide) groups is 1. The van der Waals surface area contributed by atoms with Gasteiger partial charge in [-0.3, -0.25) is 4.79 Å². The Morgan fingerprint density at radius 2 is 1.82 bits per heavy atom. The first-order valence-corrected chi connectivity index (χ1v) is 8.18. The molecular formula is C18H20O3S. The highest BCUT2D eigenvalue weighted by Crippen LogP contribution is 2.15. The molecule has 116 valence electrons. The Balaban J connectivity index is 2.75. The second-order valence-corrected chi connectivity index (χ2v) is 5.50. The minimum absolute atomic E-state index is 0.105. The normalized spacial score (nSPS) is 12.7. The summed E-state index contributed by atoms with van der Waals surface area (Å²) in [4.78, 5) is 24.1. The molecule has 0 radical (unpaired) electrons. The van der Waals surface area contributed by atoms with Crippen LogP contribution < -0.4 is 0 Å². The van der Waals surface area contributed by atoms with Gasteiger partial charge in [-0.2, -0.15) is 0 Å². The van der Waals surface area contributed by atoms with Crippen molar-refractivity contribution < 1.29 is 14.7 Å². The van der Waals surface area contributed by atoms with Crippen LogP contribution in [0.25, 0.3) is 6.08 Å². The molecule has 1 N–H and O–H groups in total. The molecule has 4 heteroatoms. The fourth-order valence-corrected chi connectivity index (χ4v) is 2.29. The van der Waals surface area contributed by atoms with E-state index in [9.17, 15) is 9.59 Å². The number of ketones is 1. The predicted octanol–water partition coefficient (Wildman–Crippen LogP) is 4.36. The van der Waals surface area contributed by atoms with Crippen molar-refractivity contribution in [3.63, 3.8) is 0 Å². The minimum atomic E-state index is -1.05. The second kappa shape index (κ2) is 9.05. The number of hydrogen-bond acceptors (Lipinski definition) is 3. The van der Waals surface area contributed by atoms with Crippen molar-refractivity contribution >= 4 is 29.6 Å². The van der Waals surface area contributed by atoms with Crippen LogP contribution in [0.3, 0.4) is 0 Å². The van der Waals surface area contributed by atoms with Crippen LogP contribution in [0.2, 0.25) is 0 Å². The van der Waals surface area contributed by atoms with Gasteiger partial charge in [0.1, 0.15) is 0 Å². The summed E-state index contributed by atoms with van der Waals surface area (Å²) in [5.74, 6) is -1.31. The molecule has 0 aliphatic heterocycles. The molecule has 0 bridgehead atoms. The first-order chi connectivity index (χ1) is 10.5. The maximum atomic E-state index is 12.0. The standard InChI is InChI=1S/C18H20O3S/c1-4-16(13(2)18(20)21)17(19)8-6-5-7-14-9-11-15(22-3)12-10-14/h5-12H,4H2,1-3H3,(H,20,21)/b7-5+,8-6?,16-13?. The molecule has 1 rings (SSSR count). The molecule has 0 aromatic heterocycles. The van der Waals surface area contributed by atoms with Crippen LogP contribution in [0.4, 0.5) is 0 Å². The molecule has 0 amide bonds. The molecule has 0 unspecified atom stereocenters. The van der Waals surface area contributed by atoms with Gasteiger partial charge in [0.2, 0.25) is 0 Å². The average molecular weight is 316 g/mol. The molecule has 0 saturated carbocycles. The van der Waals surface area contributed by atoms with Gasteiger partial charge < -0.3 is 5.11 Å².